The van der Waals surface area contributed by atoms with E-state index in [-0.39, 0.29) is 0 Å². The Morgan fingerprint density at radius 1 is 0.645 bits per heavy atom. The standard InChI is InChI=1S/C14H8N2S6.C9H12/c1-3-7-11-9(5-1)15-13(17-11)19-21-22-20-14-16-10-6-2-4-8-12(10)18-14;1-2-6-9-7-4-3-5-8-9/h1-8H;3-5,7-8H,2,6H2,1H3. The fraction of sp³-hybridized carbons (Fsp3) is 0.130. The summed E-state index contributed by atoms with van der Waals surface area (Å²) in [4.78, 5) is 9.23. The van der Waals surface area contributed by atoms with E-state index in [1.165, 1.54) is 27.8 Å². The maximum absolute atomic E-state index is 4.62. The first-order valence-corrected chi connectivity index (χ1v) is 16.2. The van der Waals surface area contributed by atoms with Crippen molar-refractivity contribution in [2.75, 3.05) is 0 Å². The maximum Gasteiger partial charge on any atom is 0.162 e. The third-order valence-corrected chi connectivity index (χ3v) is 12.9. The molecule has 0 spiro atoms. The van der Waals surface area contributed by atoms with Gasteiger partial charge in [0.2, 0.25) is 0 Å². The van der Waals surface area contributed by atoms with Gasteiger partial charge in [-0.05, 0) is 77.5 Å². The summed E-state index contributed by atoms with van der Waals surface area (Å²) in [6.45, 7) is 2.20. The van der Waals surface area contributed by atoms with Gasteiger partial charge < -0.3 is 0 Å². The van der Waals surface area contributed by atoms with Gasteiger partial charge in [0.25, 0.3) is 0 Å². The number of aromatic nitrogens is 2. The normalized spacial score (nSPS) is 10.9. The first-order chi connectivity index (χ1) is 15.3. The largest absolute Gasteiger partial charge is 0.229 e. The Hall–Kier alpha value is -1.16. The molecule has 0 aliphatic rings. The van der Waals surface area contributed by atoms with Crippen LogP contribution in [0.25, 0.3) is 20.4 Å². The Balaban J connectivity index is 0.000000217. The van der Waals surface area contributed by atoms with Crippen LogP contribution in [-0.4, -0.2) is 9.97 Å². The number of hydrogen-bond donors (Lipinski definition) is 0. The second-order valence-corrected chi connectivity index (χ2v) is 14.7. The van der Waals surface area contributed by atoms with Crippen molar-refractivity contribution in [1.82, 2.24) is 9.97 Å². The van der Waals surface area contributed by atoms with E-state index in [4.69, 9.17) is 0 Å². The van der Waals surface area contributed by atoms with Gasteiger partial charge in [-0.15, -0.1) is 22.7 Å². The molecule has 3 aromatic carbocycles. The van der Waals surface area contributed by atoms with E-state index in [0.717, 1.165) is 19.7 Å². The Bertz CT molecular complexity index is 1080. The van der Waals surface area contributed by atoms with Gasteiger partial charge in [0.1, 0.15) is 0 Å². The Morgan fingerprint density at radius 2 is 1.13 bits per heavy atom. The van der Waals surface area contributed by atoms with Crippen molar-refractivity contribution in [2.45, 2.75) is 28.4 Å². The molecule has 2 aromatic heterocycles. The van der Waals surface area contributed by atoms with Crippen LogP contribution >= 0.6 is 63.9 Å². The molecule has 0 bridgehead atoms. The van der Waals surface area contributed by atoms with Crippen molar-refractivity contribution < 1.29 is 0 Å². The molecule has 0 unspecified atom stereocenters. The SMILES string of the molecule is CCCc1ccccc1.c1ccc2sc(SSSSc3nc4ccccc4s3)nc2c1. The number of benzene rings is 3. The van der Waals surface area contributed by atoms with Gasteiger partial charge in [-0.3, -0.25) is 0 Å². The first-order valence-electron chi connectivity index (χ1n) is 9.75. The highest BCUT2D eigenvalue weighted by Crippen LogP contribution is 2.51. The lowest BCUT2D eigenvalue weighted by molar-refractivity contribution is 0.922. The van der Waals surface area contributed by atoms with Crippen LogP contribution in [-0.2, 0) is 6.42 Å². The predicted octanol–water partition coefficient (Wildman–Crippen LogP) is 9.64. The molecule has 0 saturated heterocycles. The van der Waals surface area contributed by atoms with Crippen LogP contribution in [0.3, 0.4) is 0 Å². The average Bonchev–Trinajstić information content (AvgIpc) is 3.41. The van der Waals surface area contributed by atoms with Crippen LogP contribution in [0.5, 0.6) is 0 Å². The van der Waals surface area contributed by atoms with Crippen LogP contribution in [0.15, 0.2) is 87.5 Å². The third kappa shape index (κ3) is 6.91. The van der Waals surface area contributed by atoms with E-state index < -0.39 is 0 Å². The molecule has 0 N–H and O–H groups in total. The molecule has 158 valence electrons. The van der Waals surface area contributed by atoms with Crippen LogP contribution in [0.4, 0.5) is 0 Å². The van der Waals surface area contributed by atoms with Crippen LogP contribution in [0.1, 0.15) is 18.9 Å². The summed E-state index contributed by atoms with van der Waals surface area (Å²) in [5.41, 5.74) is 3.61. The van der Waals surface area contributed by atoms with Gasteiger partial charge in [-0.25, -0.2) is 9.97 Å². The van der Waals surface area contributed by atoms with Crippen molar-refractivity contribution in [3.05, 3.63) is 84.4 Å². The molecule has 31 heavy (non-hydrogen) atoms. The van der Waals surface area contributed by atoms with E-state index in [1.807, 2.05) is 12.1 Å². The van der Waals surface area contributed by atoms with Gasteiger partial charge in [0.05, 0.1) is 20.4 Å². The van der Waals surface area contributed by atoms with Crippen LogP contribution < -0.4 is 0 Å². The van der Waals surface area contributed by atoms with Gasteiger partial charge >= 0.3 is 0 Å². The summed E-state index contributed by atoms with van der Waals surface area (Å²) in [5, 5.41) is 0. The summed E-state index contributed by atoms with van der Waals surface area (Å²) >= 11 is 3.49. The Labute approximate surface area is 205 Å². The molecule has 0 atom stereocenters. The highest BCUT2D eigenvalue weighted by Gasteiger charge is 2.07. The van der Waals surface area contributed by atoms with Gasteiger partial charge in [0.15, 0.2) is 8.68 Å². The van der Waals surface area contributed by atoms with E-state index >= 15 is 0 Å². The van der Waals surface area contributed by atoms with Crippen LogP contribution in [0.2, 0.25) is 0 Å². The molecule has 2 heterocycles. The molecule has 2 nitrogen and oxygen atoms in total. The fourth-order valence-electron chi connectivity index (χ4n) is 2.79. The molecule has 8 heteroatoms. The van der Waals surface area contributed by atoms with E-state index in [2.05, 4.69) is 83.6 Å². The number of rotatable bonds is 7. The van der Waals surface area contributed by atoms with Gasteiger partial charge in [0, 0.05) is 0 Å². The molecular formula is C23H20N2S6. The second-order valence-electron chi connectivity index (χ2n) is 6.43. The number of nitrogens with zero attached hydrogens (tertiary/aromatic N) is 2. The molecule has 0 aliphatic carbocycles. The lowest BCUT2D eigenvalue weighted by atomic mass is 10.1. The molecule has 0 aliphatic heterocycles. The lowest BCUT2D eigenvalue weighted by Gasteiger charge is -1.93. The topological polar surface area (TPSA) is 25.8 Å². The average molecular weight is 517 g/mol. The van der Waals surface area contributed by atoms with E-state index in [1.54, 1.807) is 63.9 Å². The lowest BCUT2D eigenvalue weighted by Crippen LogP contribution is -1.78. The molecule has 5 aromatic rings. The van der Waals surface area contributed by atoms with E-state index in [0.29, 0.717) is 0 Å². The maximum atomic E-state index is 4.62. The zero-order valence-corrected chi connectivity index (χ0v) is 21.7. The third-order valence-electron chi connectivity index (χ3n) is 4.17. The van der Waals surface area contributed by atoms with Gasteiger partial charge in [-0.1, -0.05) is 67.9 Å². The zero-order valence-electron chi connectivity index (χ0n) is 16.8. The summed E-state index contributed by atoms with van der Waals surface area (Å²) in [6, 6.07) is 27.1. The second kappa shape index (κ2) is 12.2. The summed E-state index contributed by atoms with van der Waals surface area (Å²) in [5.74, 6) is 0. The minimum atomic E-state index is 1.08. The Morgan fingerprint density at radius 3 is 1.61 bits per heavy atom. The Kier molecular flexibility index (Phi) is 9.04. The summed E-state index contributed by atoms with van der Waals surface area (Å²) in [7, 11) is 6.91. The highest BCUT2D eigenvalue weighted by molar-refractivity contribution is 9.26. The number of fused-ring (bicyclic) bond motifs is 2. The fourth-order valence-corrected chi connectivity index (χ4v) is 11.3. The number of hydrogen-bond acceptors (Lipinski definition) is 8. The highest BCUT2D eigenvalue weighted by atomic mass is 33.7. The minimum Gasteiger partial charge on any atom is -0.229 e. The number of aryl methyl sites for hydroxylation is 1. The molecular weight excluding hydrogens is 497 g/mol. The quantitative estimate of drug-likeness (QED) is 0.158. The smallest absolute Gasteiger partial charge is 0.162 e. The van der Waals surface area contributed by atoms with Crippen molar-refractivity contribution in [3.8, 4) is 0 Å². The van der Waals surface area contributed by atoms with Crippen LogP contribution in [0, 0.1) is 0 Å². The first kappa shape index (κ1) is 23.0. The zero-order chi connectivity index (χ0) is 21.3. The van der Waals surface area contributed by atoms with Crippen molar-refractivity contribution in [2.24, 2.45) is 0 Å². The summed E-state index contributed by atoms with van der Waals surface area (Å²) in [6.07, 6.45) is 2.45. The number of thiazole rings is 2. The van der Waals surface area contributed by atoms with Crippen molar-refractivity contribution >= 4 is 84.3 Å². The summed E-state index contributed by atoms with van der Waals surface area (Å²) < 4.78 is 4.69. The molecule has 0 amide bonds. The predicted molar refractivity (Wildman–Crippen MR) is 147 cm³/mol. The molecule has 5 rings (SSSR count). The number of para-hydroxylation sites is 2. The monoisotopic (exact) mass is 516 g/mol. The molecule has 0 fully saturated rings. The van der Waals surface area contributed by atoms with Crippen molar-refractivity contribution in [1.29, 1.82) is 0 Å². The molecule has 0 radical (unpaired) electrons. The van der Waals surface area contributed by atoms with E-state index in [9.17, 15) is 0 Å². The van der Waals surface area contributed by atoms with Gasteiger partial charge in [-0.2, -0.15) is 0 Å². The minimum absolute atomic E-state index is 1.08. The molecule has 0 saturated carbocycles. The van der Waals surface area contributed by atoms with Crippen molar-refractivity contribution in [3.63, 3.8) is 0 Å².